The summed E-state index contributed by atoms with van der Waals surface area (Å²) in [6, 6.07) is 10.0. The Morgan fingerprint density at radius 3 is 2.33 bits per heavy atom. The molecule has 2 aromatic rings. The molecule has 0 saturated heterocycles. The Balaban J connectivity index is 2.20. The van der Waals surface area contributed by atoms with E-state index >= 15 is 0 Å². The summed E-state index contributed by atoms with van der Waals surface area (Å²) in [6.07, 6.45) is 1.67. The van der Waals surface area contributed by atoms with E-state index in [4.69, 9.17) is 18.0 Å². The summed E-state index contributed by atoms with van der Waals surface area (Å²) in [5, 5.41) is 3.26. The first-order valence-electron chi connectivity index (χ1n) is 5.66. The number of thiocarbonyl (C=S) groups is 1. The minimum Gasteiger partial charge on any atom is -0.389 e. The number of hydrogen-bond donors (Lipinski definition) is 2. The molecule has 0 spiro atoms. The Morgan fingerprint density at radius 1 is 1.17 bits per heavy atom. The molecule has 3 nitrogen and oxygen atoms in total. The Bertz CT molecular complexity index is 556. The number of rotatable bonds is 3. The molecule has 0 radical (unpaired) electrons. The highest BCUT2D eigenvalue weighted by Crippen LogP contribution is 2.18. The third kappa shape index (κ3) is 3.05. The molecule has 1 aromatic heterocycles. The van der Waals surface area contributed by atoms with E-state index in [9.17, 15) is 0 Å². The molecule has 0 fully saturated rings. The molecule has 2 rings (SSSR count). The van der Waals surface area contributed by atoms with Crippen LogP contribution in [0, 0.1) is 13.8 Å². The lowest BCUT2D eigenvalue weighted by atomic mass is 10.1. The molecular weight excluding hydrogens is 242 g/mol. The molecule has 0 aliphatic rings. The number of aromatic nitrogens is 1. The first-order valence-corrected chi connectivity index (χ1v) is 6.06. The highest BCUT2D eigenvalue weighted by Gasteiger charge is 2.00. The second kappa shape index (κ2) is 5.14. The SMILES string of the molecule is Cc1cc(C)cc(Nc2ccc(C(N)=S)cn2)c1. The lowest BCUT2D eigenvalue weighted by Crippen LogP contribution is -2.09. The fourth-order valence-corrected chi connectivity index (χ4v) is 1.93. The molecule has 0 amide bonds. The quantitative estimate of drug-likeness (QED) is 0.830. The molecule has 18 heavy (non-hydrogen) atoms. The minimum atomic E-state index is 0.362. The maximum absolute atomic E-state index is 5.53. The Labute approximate surface area is 112 Å². The Kier molecular flexibility index (Phi) is 3.58. The van der Waals surface area contributed by atoms with Crippen LogP contribution in [0.25, 0.3) is 0 Å². The molecule has 1 aromatic carbocycles. The van der Waals surface area contributed by atoms with Crippen LogP contribution in [0.15, 0.2) is 36.5 Å². The van der Waals surface area contributed by atoms with Gasteiger partial charge in [-0.3, -0.25) is 0 Å². The third-order valence-corrected chi connectivity index (χ3v) is 2.78. The second-order valence-corrected chi connectivity index (χ2v) is 4.74. The van der Waals surface area contributed by atoms with Crippen molar-refractivity contribution in [3.05, 3.63) is 53.2 Å². The van der Waals surface area contributed by atoms with Crippen LogP contribution < -0.4 is 11.1 Å². The van der Waals surface area contributed by atoms with E-state index in [0.717, 1.165) is 17.1 Å². The van der Waals surface area contributed by atoms with Crippen molar-refractivity contribution in [2.75, 3.05) is 5.32 Å². The lowest BCUT2D eigenvalue weighted by Gasteiger charge is -2.08. The maximum Gasteiger partial charge on any atom is 0.130 e. The molecule has 0 bridgehead atoms. The number of nitrogens with one attached hydrogen (secondary N) is 1. The van der Waals surface area contributed by atoms with Crippen LogP contribution in [0.1, 0.15) is 16.7 Å². The van der Waals surface area contributed by atoms with Crippen molar-refractivity contribution < 1.29 is 0 Å². The predicted molar refractivity (Wildman–Crippen MR) is 79.3 cm³/mol. The van der Waals surface area contributed by atoms with Crippen LogP contribution in [0.2, 0.25) is 0 Å². The van der Waals surface area contributed by atoms with Crippen molar-refractivity contribution in [2.45, 2.75) is 13.8 Å². The monoisotopic (exact) mass is 257 g/mol. The fraction of sp³-hybridized carbons (Fsp3) is 0.143. The number of pyridine rings is 1. The van der Waals surface area contributed by atoms with Crippen LogP contribution in [-0.2, 0) is 0 Å². The van der Waals surface area contributed by atoms with Crippen molar-refractivity contribution in [2.24, 2.45) is 5.73 Å². The predicted octanol–water partition coefficient (Wildman–Crippen LogP) is 3.08. The van der Waals surface area contributed by atoms with Gasteiger partial charge in [0.1, 0.15) is 10.8 Å². The van der Waals surface area contributed by atoms with Gasteiger partial charge in [0.25, 0.3) is 0 Å². The zero-order valence-corrected chi connectivity index (χ0v) is 11.2. The van der Waals surface area contributed by atoms with Crippen LogP contribution in [0.4, 0.5) is 11.5 Å². The summed E-state index contributed by atoms with van der Waals surface area (Å²) >= 11 is 4.89. The van der Waals surface area contributed by atoms with Crippen molar-refractivity contribution in [1.82, 2.24) is 4.98 Å². The van der Waals surface area contributed by atoms with Crippen molar-refractivity contribution in [1.29, 1.82) is 0 Å². The van der Waals surface area contributed by atoms with Gasteiger partial charge in [0.2, 0.25) is 0 Å². The van der Waals surface area contributed by atoms with E-state index in [1.54, 1.807) is 6.20 Å². The molecule has 3 N–H and O–H groups in total. The fourth-order valence-electron chi connectivity index (χ4n) is 1.81. The molecule has 1 heterocycles. The first kappa shape index (κ1) is 12.5. The summed E-state index contributed by atoms with van der Waals surface area (Å²) < 4.78 is 0. The van der Waals surface area contributed by atoms with E-state index in [1.165, 1.54) is 11.1 Å². The number of aryl methyl sites for hydroxylation is 2. The van der Waals surface area contributed by atoms with Gasteiger partial charge in [0.15, 0.2) is 0 Å². The second-order valence-electron chi connectivity index (χ2n) is 4.30. The number of nitrogens with zero attached hydrogens (tertiary/aromatic N) is 1. The average Bonchev–Trinajstić information content (AvgIpc) is 2.28. The zero-order valence-electron chi connectivity index (χ0n) is 10.4. The average molecular weight is 257 g/mol. The number of benzene rings is 1. The van der Waals surface area contributed by atoms with Gasteiger partial charge in [-0.05, 0) is 49.2 Å². The summed E-state index contributed by atoms with van der Waals surface area (Å²) in [4.78, 5) is 4.64. The molecule has 0 unspecified atom stereocenters. The van der Waals surface area contributed by atoms with E-state index < -0.39 is 0 Å². The maximum atomic E-state index is 5.53. The molecule has 0 aliphatic carbocycles. The molecule has 0 aliphatic heterocycles. The van der Waals surface area contributed by atoms with Gasteiger partial charge in [0.05, 0.1) is 0 Å². The van der Waals surface area contributed by atoms with E-state index in [1.807, 2.05) is 12.1 Å². The van der Waals surface area contributed by atoms with Crippen molar-refractivity contribution in [3.8, 4) is 0 Å². The first-order chi connectivity index (χ1) is 8.54. The molecule has 4 heteroatoms. The van der Waals surface area contributed by atoms with Crippen molar-refractivity contribution >= 4 is 28.7 Å². The summed E-state index contributed by atoms with van der Waals surface area (Å²) in [6.45, 7) is 4.14. The molecule has 0 atom stereocenters. The van der Waals surface area contributed by atoms with Gasteiger partial charge in [-0.1, -0.05) is 18.3 Å². The van der Waals surface area contributed by atoms with Crippen LogP contribution >= 0.6 is 12.2 Å². The van der Waals surface area contributed by atoms with Crippen LogP contribution in [0.3, 0.4) is 0 Å². The van der Waals surface area contributed by atoms with Gasteiger partial charge in [-0.15, -0.1) is 0 Å². The highest BCUT2D eigenvalue weighted by atomic mass is 32.1. The van der Waals surface area contributed by atoms with E-state index in [-0.39, 0.29) is 0 Å². The normalized spacial score (nSPS) is 10.1. The lowest BCUT2D eigenvalue weighted by molar-refractivity contribution is 1.29. The topological polar surface area (TPSA) is 50.9 Å². The number of hydrogen-bond acceptors (Lipinski definition) is 3. The Morgan fingerprint density at radius 2 is 1.83 bits per heavy atom. The van der Waals surface area contributed by atoms with Gasteiger partial charge in [-0.2, -0.15) is 0 Å². The van der Waals surface area contributed by atoms with E-state index in [2.05, 4.69) is 42.3 Å². The minimum absolute atomic E-state index is 0.362. The van der Waals surface area contributed by atoms with Crippen LogP contribution in [-0.4, -0.2) is 9.97 Å². The van der Waals surface area contributed by atoms with Gasteiger partial charge < -0.3 is 11.1 Å². The Hall–Kier alpha value is -1.94. The number of nitrogens with two attached hydrogens (primary N) is 1. The van der Waals surface area contributed by atoms with E-state index in [0.29, 0.717) is 4.99 Å². The van der Waals surface area contributed by atoms with Gasteiger partial charge in [0, 0.05) is 17.4 Å². The largest absolute Gasteiger partial charge is 0.389 e. The highest BCUT2D eigenvalue weighted by molar-refractivity contribution is 7.80. The summed E-state index contributed by atoms with van der Waals surface area (Å²) in [7, 11) is 0. The molecule has 92 valence electrons. The van der Waals surface area contributed by atoms with Gasteiger partial charge in [-0.25, -0.2) is 4.98 Å². The summed E-state index contributed by atoms with van der Waals surface area (Å²) in [5.74, 6) is 0.778. The number of anilines is 2. The molecular formula is C14H15N3S. The molecule has 0 saturated carbocycles. The zero-order chi connectivity index (χ0) is 13.1. The van der Waals surface area contributed by atoms with Crippen LogP contribution in [0.5, 0.6) is 0 Å². The van der Waals surface area contributed by atoms with Crippen molar-refractivity contribution in [3.63, 3.8) is 0 Å². The third-order valence-electron chi connectivity index (χ3n) is 2.54. The smallest absolute Gasteiger partial charge is 0.130 e. The standard InChI is InChI=1S/C14H15N3S/c1-9-5-10(2)7-12(6-9)17-13-4-3-11(8-16-13)14(15)18/h3-8H,1-2H3,(H2,15,18)(H,16,17). The summed E-state index contributed by atoms with van der Waals surface area (Å²) in [5.41, 5.74) is 9.77. The van der Waals surface area contributed by atoms with Gasteiger partial charge >= 0.3 is 0 Å².